The molecule has 1 aromatic carbocycles. The van der Waals surface area contributed by atoms with Crippen molar-refractivity contribution in [3.05, 3.63) is 33.9 Å². The Morgan fingerprint density at radius 2 is 2.18 bits per heavy atom. The van der Waals surface area contributed by atoms with Gasteiger partial charge in [-0.3, -0.25) is 0 Å². The molecule has 0 bridgehead atoms. The molecule has 11 heavy (non-hydrogen) atoms. The van der Waals surface area contributed by atoms with Crippen molar-refractivity contribution in [1.29, 1.82) is 0 Å². The zero-order valence-electron chi connectivity index (χ0n) is 6.39. The Morgan fingerprint density at radius 1 is 1.55 bits per heavy atom. The molecule has 58 valence electrons. The number of hydrogen-bond acceptors (Lipinski definition) is 1. The fraction of sp³-hybridized carbons (Fsp3) is 0.111. The predicted octanol–water partition coefficient (Wildman–Crippen LogP) is 2.91. The Kier molecular flexibility index (Phi) is 2.54. The smallest absolute Gasteiger partial charge is 0.0390 e. The predicted molar refractivity (Wildman–Crippen MR) is 58.3 cm³/mol. The lowest BCUT2D eigenvalue weighted by Crippen LogP contribution is -1.91. The van der Waals surface area contributed by atoms with Crippen LogP contribution in [0.3, 0.4) is 0 Å². The number of nitrogen functional groups attached to an aromatic ring is 1. The minimum absolute atomic E-state index is 0.804. The summed E-state index contributed by atoms with van der Waals surface area (Å²) in [6.07, 6.45) is 0. The van der Waals surface area contributed by atoms with Gasteiger partial charge in [-0.25, -0.2) is 0 Å². The summed E-state index contributed by atoms with van der Waals surface area (Å²) >= 11 is 2.26. The molecular formula is C9H10IN. The van der Waals surface area contributed by atoms with Crippen LogP contribution in [0.5, 0.6) is 0 Å². The van der Waals surface area contributed by atoms with Crippen LogP contribution in [-0.4, -0.2) is 0 Å². The molecule has 1 nitrogen and oxygen atoms in total. The second kappa shape index (κ2) is 3.26. The molecule has 0 spiro atoms. The third kappa shape index (κ3) is 1.96. The van der Waals surface area contributed by atoms with Crippen molar-refractivity contribution in [2.24, 2.45) is 0 Å². The molecule has 2 N–H and O–H groups in total. The van der Waals surface area contributed by atoms with Crippen molar-refractivity contribution in [3.8, 4) is 0 Å². The number of anilines is 1. The molecule has 0 heterocycles. The third-order valence-corrected chi connectivity index (χ3v) is 2.15. The first-order valence-corrected chi connectivity index (χ1v) is 4.40. The van der Waals surface area contributed by atoms with Crippen LogP contribution in [0.25, 0.3) is 5.57 Å². The van der Waals surface area contributed by atoms with Crippen LogP contribution in [0.2, 0.25) is 0 Å². The lowest BCUT2D eigenvalue weighted by molar-refractivity contribution is 1.54. The lowest BCUT2D eigenvalue weighted by Gasteiger charge is -2.04. The van der Waals surface area contributed by atoms with Crippen molar-refractivity contribution in [2.45, 2.75) is 6.92 Å². The highest BCUT2D eigenvalue weighted by Crippen LogP contribution is 2.21. The van der Waals surface area contributed by atoms with Crippen LogP contribution < -0.4 is 5.73 Å². The summed E-state index contributed by atoms with van der Waals surface area (Å²) in [4.78, 5) is 0. The van der Waals surface area contributed by atoms with Crippen LogP contribution in [0, 0.1) is 3.57 Å². The Hall–Kier alpha value is -0.510. The van der Waals surface area contributed by atoms with E-state index >= 15 is 0 Å². The fourth-order valence-electron chi connectivity index (χ4n) is 0.898. The second-order valence-electron chi connectivity index (χ2n) is 2.51. The number of nitrogens with two attached hydrogens (primary N) is 1. The summed E-state index contributed by atoms with van der Waals surface area (Å²) in [6.45, 7) is 5.80. The van der Waals surface area contributed by atoms with E-state index in [0.29, 0.717) is 0 Å². The minimum Gasteiger partial charge on any atom is -0.398 e. The molecule has 0 aliphatic rings. The SMILES string of the molecule is C=C(C)c1cc(I)ccc1N. The monoisotopic (exact) mass is 259 g/mol. The van der Waals surface area contributed by atoms with E-state index in [-0.39, 0.29) is 0 Å². The average Bonchev–Trinajstić information content (AvgIpc) is 1.94. The zero-order valence-corrected chi connectivity index (χ0v) is 8.55. The van der Waals surface area contributed by atoms with E-state index in [1.807, 2.05) is 25.1 Å². The standard InChI is InChI=1S/C9H10IN/c1-6(2)8-5-7(10)3-4-9(8)11/h3-5H,1,11H2,2H3. The molecular weight excluding hydrogens is 249 g/mol. The van der Waals surface area contributed by atoms with Crippen molar-refractivity contribution < 1.29 is 0 Å². The van der Waals surface area contributed by atoms with E-state index < -0.39 is 0 Å². The van der Waals surface area contributed by atoms with E-state index in [1.54, 1.807) is 0 Å². The zero-order chi connectivity index (χ0) is 8.43. The van der Waals surface area contributed by atoms with Crippen LogP contribution in [-0.2, 0) is 0 Å². The third-order valence-electron chi connectivity index (χ3n) is 1.48. The second-order valence-corrected chi connectivity index (χ2v) is 3.76. The van der Waals surface area contributed by atoms with Crippen molar-refractivity contribution in [1.82, 2.24) is 0 Å². The first kappa shape index (κ1) is 8.59. The molecule has 2 heteroatoms. The Balaban J connectivity index is 3.23. The normalized spacial score (nSPS) is 9.64. The van der Waals surface area contributed by atoms with Crippen LogP contribution in [0.15, 0.2) is 24.8 Å². The van der Waals surface area contributed by atoms with Crippen molar-refractivity contribution >= 4 is 33.9 Å². The first-order valence-electron chi connectivity index (χ1n) is 3.32. The van der Waals surface area contributed by atoms with Gasteiger partial charge in [-0.2, -0.15) is 0 Å². The summed E-state index contributed by atoms with van der Waals surface area (Å²) in [5, 5.41) is 0. The van der Waals surface area contributed by atoms with E-state index in [4.69, 9.17) is 5.73 Å². The fourth-order valence-corrected chi connectivity index (χ4v) is 1.39. The molecule has 0 aliphatic carbocycles. The number of benzene rings is 1. The molecule has 0 aliphatic heterocycles. The minimum atomic E-state index is 0.804. The number of rotatable bonds is 1. The Bertz CT molecular complexity index is 292. The molecule has 0 aromatic heterocycles. The molecule has 0 atom stereocenters. The number of hydrogen-bond donors (Lipinski definition) is 1. The highest BCUT2D eigenvalue weighted by molar-refractivity contribution is 14.1. The molecule has 0 fully saturated rings. The van der Waals surface area contributed by atoms with E-state index in [2.05, 4.69) is 29.2 Å². The highest BCUT2D eigenvalue weighted by Gasteiger charge is 1.98. The summed E-state index contributed by atoms with van der Waals surface area (Å²) < 4.78 is 1.19. The molecule has 0 unspecified atom stereocenters. The summed E-state index contributed by atoms with van der Waals surface area (Å²) in [5.74, 6) is 0. The van der Waals surface area contributed by atoms with Crippen LogP contribution >= 0.6 is 22.6 Å². The Morgan fingerprint density at radius 3 is 2.64 bits per heavy atom. The quantitative estimate of drug-likeness (QED) is 0.609. The largest absolute Gasteiger partial charge is 0.398 e. The van der Waals surface area contributed by atoms with E-state index in [1.165, 1.54) is 3.57 Å². The van der Waals surface area contributed by atoms with Gasteiger partial charge in [-0.15, -0.1) is 0 Å². The van der Waals surface area contributed by atoms with E-state index in [9.17, 15) is 0 Å². The van der Waals surface area contributed by atoms with Gasteiger partial charge in [0.2, 0.25) is 0 Å². The molecule has 0 saturated carbocycles. The summed E-state index contributed by atoms with van der Waals surface area (Å²) in [5.41, 5.74) is 8.60. The summed E-state index contributed by atoms with van der Waals surface area (Å²) in [7, 11) is 0. The number of halogens is 1. The van der Waals surface area contributed by atoms with Gasteiger partial charge in [0.1, 0.15) is 0 Å². The lowest BCUT2D eigenvalue weighted by atomic mass is 10.1. The highest BCUT2D eigenvalue weighted by atomic mass is 127. The van der Waals surface area contributed by atoms with Crippen molar-refractivity contribution in [2.75, 3.05) is 5.73 Å². The van der Waals surface area contributed by atoms with Gasteiger partial charge >= 0.3 is 0 Å². The average molecular weight is 259 g/mol. The molecule has 0 saturated heterocycles. The molecule has 1 rings (SSSR count). The maximum absolute atomic E-state index is 5.73. The van der Waals surface area contributed by atoms with Crippen LogP contribution in [0.4, 0.5) is 5.69 Å². The topological polar surface area (TPSA) is 26.0 Å². The molecule has 0 radical (unpaired) electrons. The van der Waals surface area contributed by atoms with Gasteiger partial charge in [0.05, 0.1) is 0 Å². The van der Waals surface area contributed by atoms with E-state index in [0.717, 1.165) is 16.8 Å². The van der Waals surface area contributed by atoms with Gasteiger partial charge in [0.25, 0.3) is 0 Å². The maximum Gasteiger partial charge on any atom is 0.0390 e. The Labute approximate surface area is 80.4 Å². The molecule has 1 aromatic rings. The maximum atomic E-state index is 5.73. The van der Waals surface area contributed by atoms with Gasteiger partial charge in [-0.1, -0.05) is 6.58 Å². The van der Waals surface area contributed by atoms with Gasteiger partial charge < -0.3 is 5.73 Å². The van der Waals surface area contributed by atoms with Gasteiger partial charge in [0, 0.05) is 14.8 Å². The van der Waals surface area contributed by atoms with Gasteiger partial charge in [0.15, 0.2) is 0 Å². The van der Waals surface area contributed by atoms with Gasteiger partial charge in [-0.05, 0) is 53.3 Å². The summed E-state index contributed by atoms with van der Waals surface area (Å²) in [6, 6.07) is 5.94. The van der Waals surface area contributed by atoms with Crippen LogP contribution in [0.1, 0.15) is 12.5 Å². The number of allylic oxidation sites excluding steroid dienone is 1. The molecule has 0 amide bonds. The first-order chi connectivity index (χ1) is 5.11. The van der Waals surface area contributed by atoms with Crippen molar-refractivity contribution in [3.63, 3.8) is 0 Å².